The summed E-state index contributed by atoms with van der Waals surface area (Å²) < 4.78 is 28.5. The maximum Gasteiger partial charge on any atom is 0.313 e. The van der Waals surface area contributed by atoms with Gasteiger partial charge in [0.05, 0.1) is 17.3 Å². The highest BCUT2D eigenvalue weighted by atomic mass is 16.7. The molecule has 1 N–H and O–H groups in total. The molecular weight excluding hydrogens is 436 g/mol. The molecule has 0 aromatic rings. The van der Waals surface area contributed by atoms with Crippen molar-refractivity contribution in [1.82, 2.24) is 0 Å². The van der Waals surface area contributed by atoms with Gasteiger partial charge in [0, 0.05) is 26.2 Å². The van der Waals surface area contributed by atoms with E-state index in [4.69, 9.17) is 23.7 Å². The zero-order valence-electron chi connectivity index (χ0n) is 19.2. The van der Waals surface area contributed by atoms with E-state index >= 15 is 0 Å². The van der Waals surface area contributed by atoms with Crippen LogP contribution in [0.2, 0.25) is 0 Å². The Balaban J connectivity index is 1.65. The van der Waals surface area contributed by atoms with Gasteiger partial charge in [-0.3, -0.25) is 19.2 Å². The van der Waals surface area contributed by atoms with E-state index in [0.29, 0.717) is 5.57 Å². The maximum atomic E-state index is 13.0. The molecule has 5 rings (SSSR count). The number of fused-ring (bicyclic) bond motifs is 8. The van der Waals surface area contributed by atoms with Gasteiger partial charge in [0.2, 0.25) is 0 Å². The highest BCUT2D eigenvalue weighted by molar-refractivity contribution is 5.82. The summed E-state index contributed by atoms with van der Waals surface area (Å²) in [4.78, 5) is 49.7. The third kappa shape index (κ3) is 2.45. The number of hydrogen-bond donors (Lipinski definition) is 1. The minimum Gasteiger partial charge on any atom is -0.462 e. The molecule has 2 aliphatic carbocycles. The molecule has 0 aromatic carbocycles. The molecule has 0 unspecified atom stereocenters. The molecule has 0 aromatic heterocycles. The molecule has 2 bridgehead atoms. The van der Waals surface area contributed by atoms with Gasteiger partial charge in [-0.2, -0.15) is 0 Å². The predicted molar refractivity (Wildman–Crippen MR) is 107 cm³/mol. The lowest BCUT2D eigenvalue weighted by Gasteiger charge is -2.57. The van der Waals surface area contributed by atoms with Crippen LogP contribution in [0, 0.1) is 23.2 Å². The monoisotopic (exact) mass is 464 g/mol. The van der Waals surface area contributed by atoms with Gasteiger partial charge in [-0.05, 0) is 20.8 Å². The molecule has 5 fully saturated rings. The molecule has 1 spiro atoms. The topological polar surface area (TPSA) is 138 Å². The van der Waals surface area contributed by atoms with E-state index in [-0.39, 0.29) is 6.42 Å². The minimum absolute atomic E-state index is 0.0589. The zero-order valence-corrected chi connectivity index (χ0v) is 19.2. The fourth-order valence-corrected chi connectivity index (χ4v) is 7.18. The van der Waals surface area contributed by atoms with Crippen molar-refractivity contribution < 1.29 is 48.0 Å². The van der Waals surface area contributed by atoms with E-state index < -0.39 is 88.8 Å². The lowest BCUT2D eigenvalue weighted by Crippen LogP contribution is -2.73. The van der Waals surface area contributed by atoms with E-state index in [2.05, 4.69) is 6.58 Å². The number of carbonyl (C=O) groups is 4. The Morgan fingerprint density at radius 3 is 2.39 bits per heavy atom. The summed E-state index contributed by atoms with van der Waals surface area (Å²) in [5.74, 6) is -4.84. The van der Waals surface area contributed by atoms with E-state index in [1.165, 1.54) is 13.8 Å². The van der Waals surface area contributed by atoms with E-state index in [1.807, 2.05) is 0 Å². The molecule has 11 atom stereocenters. The minimum atomic E-state index is -1.84. The first-order valence-corrected chi connectivity index (χ1v) is 11.1. The summed E-state index contributed by atoms with van der Waals surface area (Å²) in [7, 11) is 0. The fraction of sp³-hybridized carbons (Fsp3) is 0.739. The standard InChI is InChI=1S/C23H28O10/c1-8(2)13-14-20(27)31-15(13)16(30-11(5)25)21(6)22(17-18(32-17)23(14,21)28)7-12(19(26)33-22)9(3)29-10(4)24/h9,12-18,28H,1,7H2,2-6H3/t9-,12-,13-,14+,15+,16+,17+,18-,21-,22-,23-/m0/s1. The van der Waals surface area contributed by atoms with Crippen molar-refractivity contribution in [2.45, 2.75) is 82.8 Å². The quantitative estimate of drug-likeness (QED) is 0.270. The molecule has 3 saturated heterocycles. The highest BCUT2D eigenvalue weighted by Gasteiger charge is 2.93. The summed E-state index contributed by atoms with van der Waals surface area (Å²) in [6.45, 7) is 11.4. The second-order valence-corrected chi connectivity index (χ2v) is 10.2. The van der Waals surface area contributed by atoms with Crippen LogP contribution in [0.25, 0.3) is 0 Å². The molecule has 10 nitrogen and oxygen atoms in total. The third-order valence-corrected chi connectivity index (χ3v) is 8.55. The van der Waals surface area contributed by atoms with Crippen LogP contribution in [0.4, 0.5) is 0 Å². The number of hydrogen-bond acceptors (Lipinski definition) is 10. The predicted octanol–water partition coefficient (Wildman–Crippen LogP) is 0.438. The number of ether oxygens (including phenoxy) is 5. The Morgan fingerprint density at radius 1 is 1.15 bits per heavy atom. The lowest BCUT2D eigenvalue weighted by molar-refractivity contribution is -0.276. The van der Waals surface area contributed by atoms with Crippen LogP contribution in [-0.4, -0.2) is 70.7 Å². The Bertz CT molecular complexity index is 990. The molecular formula is C23H28O10. The summed E-state index contributed by atoms with van der Waals surface area (Å²) in [6.07, 6.45) is -4.26. The van der Waals surface area contributed by atoms with Crippen molar-refractivity contribution in [2.75, 3.05) is 0 Å². The normalized spacial score (nSPS) is 49.6. The van der Waals surface area contributed by atoms with Crippen molar-refractivity contribution >= 4 is 23.9 Å². The van der Waals surface area contributed by atoms with Crippen LogP contribution in [0.3, 0.4) is 0 Å². The van der Waals surface area contributed by atoms with Crippen molar-refractivity contribution in [3.63, 3.8) is 0 Å². The van der Waals surface area contributed by atoms with Gasteiger partial charge in [-0.25, -0.2) is 0 Å². The van der Waals surface area contributed by atoms with Gasteiger partial charge < -0.3 is 28.8 Å². The number of carbonyl (C=O) groups excluding carboxylic acids is 4. The van der Waals surface area contributed by atoms with Gasteiger partial charge in [-0.1, -0.05) is 12.2 Å². The van der Waals surface area contributed by atoms with Crippen molar-refractivity contribution in [3.05, 3.63) is 12.2 Å². The van der Waals surface area contributed by atoms with Gasteiger partial charge in [0.25, 0.3) is 0 Å². The molecule has 180 valence electrons. The first kappa shape index (κ1) is 22.3. The Kier molecular flexibility index (Phi) is 4.44. The van der Waals surface area contributed by atoms with Crippen LogP contribution in [0.15, 0.2) is 12.2 Å². The molecule has 33 heavy (non-hydrogen) atoms. The summed E-state index contributed by atoms with van der Waals surface area (Å²) >= 11 is 0. The molecule has 3 heterocycles. The zero-order chi connectivity index (χ0) is 24.2. The maximum absolute atomic E-state index is 13.0. The van der Waals surface area contributed by atoms with Crippen molar-refractivity contribution in [3.8, 4) is 0 Å². The number of esters is 4. The number of rotatable bonds is 4. The van der Waals surface area contributed by atoms with Gasteiger partial charge in [0.15, 0.2) is 11.7 Å². The van der Waals surface area contributed by atoms with Gasteiger partial charge in [0.1, 0.15) is 30.0 Å². The number of aliphatic hydroxyl groups is 1. The first-order valence-electron chi connectivity index (χ1n) is 11.1. The third-order valence-electron chi connectivity index (χ3n) is 8.55. The van der Waals surface area contributed by atoms with Crippen LogP contribution < -0.4 is 0 Å². The highest BCUT2D eigenvalue weighted by Crippen LogP contribution is 2.75. The van der Waals surface area contributed by atoms with E-state index in [1.54, 1.807) is 20.8 Å². The fourth-order valence-electron chi connectivity index (χ4n) is 7.18. The second-order valence-electron chi connectivity index (χ2n) is 10.2. The average Bonchev–Trinajstić information content (AvgIpc) is 3.29. The Labute approximate surface area is 190 Å². The largest absolute Gasteiger partial charge is 0.462 e. The van der Waals surface area contributed by atoms with Crippen LogP contribution in [-0.2, 0) is 42.9 Å². The molecule has 0 amide bonds. The lowest BCUT2D eigenvalue weighted by atomic mass is 9.50. The SMILES string of the molecule is C=C(C)[C@@H]1[C@H]2OC(=O)[C@@H]1[C@]1(O)[C@H]3O[C@H]3[C@@]3(C[C@@H]([C@H](C)OC(C)=O)C(=O)O3)[C@]1(C)[C@@H]2OC(C)=O. The van der Waals surface area contributed by atoms with Crippen LogP contribution in [0.5, 0.6) is 0 Å². The Hall–Kier alpha value is -2.46. The van der Waals surface area contributed by atoms with Gasteiger partial charge in [-0.15, -0.1) is 0 Å². The van der Waals surface area contributed by atoms with E-state index in [9.17, 15) is 24.3 Å². The Morgan fingerprint density at radius 2 is 1.82 bits per heavy atom. The first-order chi connectivity index (χ1) is 15.3. The smallest absolute Gasteiger partial charge is 0.313 e. The summed E-state index contributed by atoms with van der Waals surface area (Å²) in [5.41, 5.74) is -4.07. The van der Waals surface area contributed by atoms with Crippen molar-refractivity contribution in [2.24, 2.45) is 23.2 Å². The average molecular weight is 464 g/mol. The van der Waals surface area contributed by atoms with Crippen LogP contribution in [0.1, 0.15) is 41.0 Å². The van der Waals surface area contributed by atoms with Gasteiger partial charge >= 0.3 is 23.9 Å². The number of epoxide rings is 1. The molecule has 10 heteroatoms. The molecule has 0 radical (unpaired) electrons. The van der Waals surface area contributed by atoms with Crippen molar-refractivity contribution in [1.29, 1.82) is 0 Å². The second kappa shape index (κ2) is 6.56. The van der Waals surface area contributed by atoms with E-state index in [0.717, 1.165) is 0 Å². The van der Waals surface area contributed by atoms with Crippen LogP contribution >= 0.6 is 0 Å². The summed E-state index contributed by atoms with van der Waals surface area (Å²) in [5, 5.41) is 12.3. The molecule has 3 aliphatic heterocycles. The molecule has 2 saturated carbocycles. The molecule has 5 aliphatic rings. The summed E-state index contributed by atoms with van der Waals surface area (Å²) in [6, 6.07) is 0.